The van der Waals surface area contributed by atoms with Crippen molar-refractivity contribution in [1.29, 1.82) is 0 Å². The molecule has 0 aliphatic carbocycles. The lowest BCUT2D eigenvalue weighted by molar-refractivity contribution is 0.481. The van der Waals surface area contributed by atoms with Crippen LogP contribution in [0.5, 0.6) is 0 Å². The van der Waals surface area contributed by atoms with Crippen LogP contribution in [-0.4, -0.2) is 23.7 Å². The molecule has 3 aromatic rings. The van der Waals surface area contributed by atoms with E-state index in [-0.39, 0.29) is 6.54 Å². The minimum atomic E-state index is -4.23. The van der Waals surface area contributed by atoms with E-state index in [9.17, 15) is 17.4 Å². The molecule has 0 unspecified atom stereocenters. The maximum absolute atomic E-state index is 14.4. The van der Waals surface area contributed by atoms with Crippen LogP contribution in [0.15, 0.2) is 53.7 Å². The van der Waals surface area contributed by atoms with Crippen molar-refractivity contribution >= 4 is 27.4 Å². The minimum Gasteiger partial charge on any atom is -0.363 e. The first-order valence-electron chi connectivity index (χ1n) is 8.07. The number of H-pyrrole nitrogens is 1. The first-order valence-corrected chi connectivity index (χ1v) is 10.1. The molecule has 0 spiro atoms. The van der Waals surface area contributed by atoms with Crippen molar-refractivity contribution in [2.45, 2.75) is 12.3 Å². The average Bonchev–Trinajstić information content (AvgIpc) is 2.89. The van der Waals surface area contributed by atoms with Crippen LogP contribution >= 0.6 is 11.6 Å². The Bertz CT molecular complexity index is 1190. The molecule has 4 rings (SSSR count). The molecule has 0 saturated heterocycles. The smallest absolute Gasteiger partial charge is 0.270 e. The fourth-order valence-corrected chi connectivity index (χ4v) is 4.10. The van der Waals surface area contributed by atoms with Gasteiger partial charge < -0.3 is 4.98 Å². The fraction of sp³-hybridized carbons (Fsp3) is 0.105. The predicted molar refractivity (Wildman–Crippen MR) is 102 cm³/mol. The normalized spacial score (nSPS) is 13.5. The summed E-state index contributed by atoms with van der Waals surface area (Å²) in [4.78, 5) is 7.48. The summed E-state index contributed by atoms with van der Waals surface area (Å²) in [5.74, 6) is -0.965. The summed E-state index contributed by atoms with van der Waals surface area (Å²) in [7, 11) is -4.23. The Balaban J connectivity index is 1.97. The number of benzene rings is 2. The van der Waals surface area contributed by atoms with E-state index in [0.29, 0.717) is 38.7 Å². The Morgan fingerprint density at radius 2 is 1.93 bits per heavy atom. The second kappa shape index (κ2) is 6.60. The number of aliphatic imine (C=N–C) groups is 1. The van der Waals surface area contributed by atoms with Crippen molar-refractivity contribution in [1.82, 2.24) is 4.98 Å². The predicted octanol–water partition coefficient (Wildman–Crippen LogP) is 4.21. The highest BCUT2D eigenvalue weighted by atomic mass is 35.5. The number of hydrogen-bond donors (Lipinski definition) is 2. The van der Waals surface area contributed by atoms with Gasteiger partial charge in [-0.25, -0.2) is 4.39 Å². The lowest BCUT2D eigenvalue weighted by Crippen LogP contribution is -2.08. The maximum atomic E-state index is 14.4. The topological polar surface area (TPSA) is 82.5 Å². The highest BCUT2D eigenvalue weighted by molar-refractivity contribution is 7.85. The molecule has 2 N–H and O–H groups in total. The summed E-state index contributed by atoms with van der Waals surface area (Å²) in [6.07, 6.45) is 1.65. The van der Waals surface area contributed by atoms with Crippen LogP contribution in [-0.2, 0) is 22.4 Å². The number of rotatable bonds is 3. The molecule has 1 aliphatic heterocycles. The molecule has 138 valence electrons. The van der Waals surface area contributed by atoms with Gasteiger partial charge in [0.15, 0.2) is 0 Å². The molecule has 0 saturated carbocycles. The zero-order valence-corrected chi connectivity index (χ0v) is 15.5. The summed E-state index contributed by atoms with van der Waals surface area (Å²) in [5.41, 5.74) is 3.79. The second-order valence-electron chi connectivity index (χ2n) is 6.23. The third-order valence-corrected chi connectivity index (χ3v) is 5.30. The number of aromatic nitrogens is 1. The van der Waals surface area contributed by atoms with Gasteiger partial charge in [0.2, 0.25) is 0 Å². The van der Waals surface area contributed by atoms with Gasteiger partial charge in [-0.05, 0) is 35.4 Å². The van der Waals surface area contributed by atoms with Crippen LogP contribution in [0, 0.1) is 5.82 Å². The number of aromatic amines is 1. The van der Waals surface area contributed by atoms with E-state index in [1.807, 2.05) is 0 Å². The van der Waals surface area contributed by atoms with Crippen molar-refractivity contribution in [3.63, 3.8) is 0 Å². The first-order chi connectivity index (χ1) is 12.8. The van der Waals surface area contributed by atoms with E-state index in [1.165, 1.54) is 6.07 Å². The molecule has 0 amide bonds. The van der Waals surface area contributed by atoms with Crippen molar-refractivity contribution < 1.29 is 17.4 Å². The first kappa shape index (κ1) is 17.9. The third-order valence-electron chi connectivity index (χ3n) is 4.41. The van der Waals surface area contributed by atoms with Gasteiger partial charge in [0.1, 0.15) is 11.6 Å². The zero-order valence-electron chi connectivity index (χ0n) is 13.9. The van der Waals surface area contributed by atoms with Crippen LogP contribution in [0.25, 0.3) is 11.1 Å². The number of hydrogen-bond acceptors (Lipinski definition) is 3. The van der Waals surface area contributed by atoms with Crippen molar-refractivity contribution in [2.75, 3.05) is 0 Å². The Kier molecular flexibility index (Phi) is 4.38. The van der Waals surface area contributed by atoms with Crippen LogP contribution < -0.4 is 0 Å². The molecule has 0 bridgehead atoms. The third kappa shape index (κ3) is 3.41. The molecular formula is C19H14ClFN2O3S. The molecule has 5 nitrogen and oxygen atoms in total. The van der Waals surface area contributed by atoms with Gasteiger partial charge in [-0.2, -0.15) is 8.42 Å². The molecule has 2 aromatic carbocycles. The Labute approximate surface area is 160 Å². The van der Waals surface area contributed by atoms with E-state index in [0.717, 1.165) is 5.56 Å². The summed E-state index contributed by atoms with van der Waals surface area (Å²) >= 11 is 6.18. The van der Waals surface area contributed by atoms with Gasteiger partial charge in [-0.1, -0.05) is 29.8 Å². The van der Waals surface area contributed by atoms with E-state index in [1.54, 1.807) is 42.6 Å². The monoisotopic (exact) mass is 404 g/mol. The zero-order chi connectivity index (χ0) is 19.2. The summed E-state index contributed by atoms with van der Waals surface area (Å²) in [6, 6.07) is 11.4. The standard InChI is InChI=1S/C19H14ClFN2O3S/c20-12-5-6-13-15(7-12)19(14-3-1-2-4-16(14)21)23-9-11-8-22-17(18(11)13)10-27(24,25)26/h1-8,22H,9-10H2,(H,24,25,26). The lowest BCUT2D eigenvalue weighted by atomic mass is 9.92. The molecule has 0 radical (unpaired) electrons. The molecule has 0 fully saturated rings. The van der Waals surface area contributed by atoms with Gasteiger partial charge >= 0.3 is 0 Å². The number of halogens is 2. The Morgan fingerprint density at radius 1 is 1.15 bits per heavy atom. The SMILES string of the molecule is O=S(=O)(O)Cc1[nH]cc2c1-c1ccc(Cl)cc1C(c1ccccc1F)=NC2. The lowest BCUT2D eigenvalue weighted by Gasteiger charge is -2.13. The number of nitrogens with zero attached hydrogens (tertiary/aromatic N) is 1. The van der Waals surface area contributed by atoms with Crippen LogP contribution in [0.4, 0.5) is 4.39 Å². The van der Waals surface area contributed by atoms with Crippen LogP contribution in [0.1, 0.15) is 22.4 Å². The molecule has 1 aromatic heterocycles. The van der Waals surface area contributed by atoms with Crippen LogP contribution in [0.2, 0.25) is 5.02 Å². The van der Waals surface area contributed by atoms with E-state index >= 15 is 0 Å². The molecule has 27 heavy (non-hydrogen) atoms. The maximum Gasteiger partial charge on any atom is 0.270 e. The van der Waals surface area contributed by atoms with Crippen molar-refractivity contribution in [3.8, 4) is 11.1 Å². The van der Waals surface area contributed by atoms with Gasteiger partial charge in [-0.3, -0.25) is 9.55 Å². The highest BCUT2D eigenvalue weighted by Crippen LogP contribution is 2.37. The van der Waals surface area contributed by atoms with Crippen LogP contribution in [0.3, 0.4) is 0 Å². The van der Waals surface area contributed by atoms with E-state index in [4.69, 9.17) is 11.6 Å². The molecule has 8 heteroatoms. The molecule has 0 atom stereocenters. The van der Waals surface area contributed by atoms with Gasteiger partial charge in [0.05, 0.1) is 12.3 Å². The summed E-state index contributed by atoms with van der Waals surface area (Å²) in [6.45, 7) is 0.229. The number of nitrogens with one attached hydrogen (secondary N) is 1. The summed E-state index contributed by atoms with van der Waals surface area (Å²) < 4.78 is 46.5. The Hall–Kier alpha value is -2.48. The van der Waals surface area contributed by atoms with Crippen molar-refractivity contribution in [2.24, 2.45) is 4.99 Å². The fourth-order valence-electron chi connectivity index (χ4n) is 3.33. The average molecular weight is 405 g/mol. The number of fused-ring (bicyclic) bond motifs is 3. The molecular weight excluding hydrogens is 391 g/mol. The van der Waals surface area contributed by atoms with E-state index < -0.39 is 21.7 Å². The largest absolute Gasteiger partial charge is 0.363 e. The quantitative estimate of drug-likeness (QED) is 0.641. The van der Waals surface area contributed by atoms with Gasteiger partial charge in [0, 0.05) is 33.6 Å². The van der Waals surface area contributed by atoms with Gasteiger partial charge in [-0.15, -0.1) is 0 Å². The molecule has 1 aliphatic rings. The Morgan fingerprint density at radius 3 is 2.67 bits per heavy atom. The summed E-state index contributed by atoms with van der Waals surface area (Å²) in [5, 5.41) is 0.452. The van der Waals surface area contributed by atoms with Gasteiger partial charge in [0.25, 0.3) is 10.1 Å². The van der Waals surface area contributed by atoms with Crippen molar-refractivity contribution in [3.05, 3.63) is 81.9 Å². The highest BCUT2D eigenvalue weighted by Gasteiger charge is 2.25. The second-order valence-corrected chi connectivity index (χ2v) is 8.12. The van der Waals surface area contributed by atoms with E-state index in [2.05, 4.69) is 9.98 Å². The minimum absolute atomic E-state index is 0.229. The molecule has 2 heterocycles.